The molecule has 1 N–H and O–H groups in total. The Hall–Kier alpha value is -0.800. The molecule has 0 aromatic heterocycles. The first kappa shape index (κ1) is 22.5. The molecule has 0 heterocycles. The van der Waals surface area contributed by atoms with Gasteiger partial charge >= 0.3 is 13.9 Å². The molecule has 0 aliphatic carbocycles. The predicted molar refractivity (Wildman–Crippen MR) is 85.7 cm³/mol. The Labute approximate surface area is 128 Å². The van der Waals surface area contributed by atoms with Gasteiger partial charge < -0.3 is 5.11 Å². The molecule has 0 fully saturated rings. The number of hydrogen-bond acceptors (Lipinski definition) is 4. The summed E-state index contributed by atoms with van der Waals surface area (Å²) in [5.74, 6) is -0.879. The van der Waals surface area contributed by atoms with E-state index in [1.807, 2.05) is 0 Å². The van der Waals surface area contributed by atoms with Gasteiger partial charge in [0.2, 0.25) is 0 Å². The lowest BCUT2D eigenvalue weighted by atomic mass is 10.2. The van der Waals surface area contributed by atoms with E-state index in [1.54, 1.807) is 58.0 Å². The molecule has 21 heavy (non-hydrogen) atoms. The standard InChI is InChI=1S/C7H6O2.C6H14FO3P.H3P/c8-7(9)6-4-2-1-3-5-6;1-5(2)9-11(7,8)10-6(3)4;/h1-5H,(H,8,9);5-6H,1-4H3;1H3. The van der Waals surface area contributed by atoms with Crippen LogP contribution in [-0.4, -0.2) is 23.3 Å². The van der Waals surface area contributed by atoms with Crippen molar-refractivity contribution in [2.75, 3.05) is 0 Å². The Balaban J connectivity index is 0. The maximum Gasteiger partial charge on any atom is 0.513 e. The van der Waals surface area contributed by atoms with Gasteiger partial charge in [0.1, 0.15) is 0 Å². The van der Waals surface area contributed by atoms with E-state index < -0.39 is 26.1 Å². The SMILES string of the molecule is CC(C)OP(=O)(F)OC(C)C.O=C(O)c1ccccc1.P. The van der Waals surface area contributed by atoms with Crippen LogP contribution in [0.3, 0.4) is 0 Å². The highest BCUT2D eigenvalue weighted by Crippen LogP contribution is 2.51. The number of rotatable bonds is 5. The van der Waals surface area contributed by atoms with Crippen LogP contribution in [0.15, 0.2) is 30.3 Å². The van der Waals surface area contributed by atoms with Crippen molar-refractivity contribution < 1.29 is 27.7 Å². The Morgan fingerprint density at radius 2 is 1.48 bits per heavy atom. The third kappa shape index (κ3) is 12.6. The Morgan fingerprint density at radius 3 is 1.71 bits per heavy atom. The molecule has 0 saturated heterocycles. The molecule has 1 atom stereocenters. The molecule has 1 rings (SSSR count). The van der Waals surface area contributed by atoms with E-state index in [0.29, 0.717) is 5.56 Å². The van der Waals surface area contributed by atoms with Gasteiger partial charge in [-0.3, -0.25) is 9.05 Å². The Kier molecular flexibility index (Phi) is 11.6. The average molecular weight is 340 g/mol. The van der Waals surface area contributed by atoms with E-state index in [9.17, 15) is 13.6 Å². The van der Waals surface area contributed by atoms with Gasteiger partial charge in [-0.25, -0.2) is 9.36 Å². The van der Waals surface area contributed by atoms with E-state index in [0.717, 1.165) is 0 Å². The van der Waals surface area contributed by atoms with Crippen LogP contribution in [0.4, 0.5) is 4.20 Å². The highest BCUT2D eigenvalue weighted by atomic mass is 31.2. The van der Waals surface area contributed by atoms with E-state index in [1.165, 1.54) is 0 Å². The number of carboxylic acid groups (broad SMARTS) is 1. The lowest BCUT2D eigenvalue weighted by Crippen LogP contribution is -2.04. The summed E-state index contributed by atoms with van der Waals surface area (Å²) in [5, 5.41) is 8.38. The summed E-state index contributed by atoms with van der Waals surface area (Å²) >= 11 is 0. The first-order valence-corrected chi connectivity index (χ1v) is 7.52. The van der Waals surface area contributed by atoms with Crippen LogP contribution >= 0.6 is 17.8 Å². The van der Waals surface area contributed by atoms with Crippen LogP contribution in [0.25, 0.3) is 0 Å². The van der Waals surface area contributed by atoms with Crippen molar-refractivity contribution in [3.05, 3.63) is 35.9 Å². The van der Waals surface area contributed by atoms with Crippen molar-refractivity contribution in [1.82, 2.24) is 0 Å². The first-order chi connectivity index (χ1) is 9.14. The van der Waals surface area contributed by atoms with Crippen molar-refractivity contribution in [2.45, 2.75) is 39.9 Å². The smallest absolute Gasteiger partial charge is 0.478 e. The van der Waals surface area contributed by atoms with Crippen LogP contribution in [-0.2, 0) is 13.6 Å². The maximum atomic E-state index is 12.7. The van der Waals surface area contributed by atoms with Crippen molar-refractivity contribution in [2.24, 2.45) is 0 Å². The average Bonchev–Trinajstić information content (AvgIpc) is 2.27. The van der Waals surface area contributed by atoms with E-state index >= 15 is 0 Å². The summed E-state index contributed by atoms with van der Waals surface area (Å²) < 4.78 is 32.3. The molecule has 0 aliphatic heterocycles. The first-order valence-electron chi connectivity index (χ1n) is 6.09. The Morgan fingerprint density at radius 1 is 1.10 bits per heavy atom. The molecular weight excluding hydrogens is 317 g/mol. The molecule has 0 aliphatic rings. The van der Waals surface area contributed by atoms with Gasteiger partial charge in [-0.1, -0.05) is 18.2 Å². The van der Waals surface area contributed by atoms with Gasteiger partial charge in [-0.05, 0) is 39.8 Å². The molecule has 0 spiro atoms. The second-order valence-electron chi connectivity index (χ2n) is 4.41. The molecule has 1 aromatic rings. The van der Waals surface area contributed by atoms with Crippen molar-refractivity contribution >= 4 is 23.8 Å². The van der Waals surface area contributed by atoms with Crippen molar-refractivity contribution in [1.29, 1.82) is 0 Å². The molecule has 1 aromatic carbocycles. The molecule has 0 amide bonds. The molecule has 8 heteroatoms. The van der Waals surface area contributed by atoms with Crippen LogP contribution in [0.2, 0.25) is 0 Å². The molecular formula is C13H23FO5P2. The van der Waals surface area contributed by atoms with Gasteiger partial charge in [-0.2, -0.15) is 9.90 Å². The highest BCUT2D eigenvalue weighted by Gasteiger charge is 2.26. The van der Waals surface area contributed by atoms with Crippen molar-refractivity contribution in [3.8, 4) is 0 Å². The Bertz CT molecular complexity index is 437. The normalized spacial score (nSPS) is 10.6. The van der Waals surface area contributed by atoms with Gasteiger partial charge in [0, 0.05) is 0 Å². The third-order valence-corrected chi connectivity index (χ3v) is 3.04. The summed E-state index contributed by atoms with van der Waals surface area (Å²) in [6, 6.07) is 8.30. The van der Waals surface area contributed by atoms with Crippen LogP contribution in [0.5, 0.6) is 0 Å². The maximum absolute atomic E-state index is 12.7. The molecule has 0 radical (unpaired) electrons. The number of benzene rings is 1. The molecule has 122 valence electrons. The van der Waals surface area contributed by atoms with Crippen LogP contribution in [0, 0.1) is 0 Å². The number of carbonyl (C=O) groups is 1. The summed E-state index contributed by atoms with van der Waals surface area (Å²) in [6.07, 6.45) is -0.853. The van der Waals surface area contributed by atoms with Gasteiger partial charge in [0.05, 0.1) is 17.8 Å². The minimum absolute atomic E-state index is 0. The summed E-state index contributed by atoms with van der Waals surface area (Å²) in [6.45, 7) is 6.37. The monoisotopic (exact) mass is 340 g/mol. The fourth-order valence-electron chi connectivity index (χ4n) is 1.11. The molecule has 0 saturated carbocycles. The fourth-order valence-corrected chi connectivity index (χ4v) is 2.17. The lowest BCUT2D eigenvalue weighted by Gasteiger charge is -2.14. The summed E-state index contributed by atoms with van der Waals surface area (Å²) in [4.78, 5) is 10.2. The molecule has 1 unspecified atom stereocenters. The minimum Gasteiger partial charge on any atom is -0.478 e. The topological polar surface area (TPSA) is 72.8 Å². The number of carboxylic acids is 1. The fraction of sp³-hybridized carbons (Fsp3) is 0.462. The van der Waals surface area contributed by atoms with Gasteiger partial charge in [0.25, 0.3) is 0 Å². The predicted octanol–water partition coefficient (Wildman–Crippen LogP) is 4.36. The largest absolute Gasteiger partial charge is 0.513 e. The highest BCUT2D eigenvalue weighted by molar-refractivity contribution is 7.48. The van der Waals surface area contributed by atoms with E-state index in [-0.39, 0.29) is 9.90 Å². The minimum atomic E-state index is -4.30. The second kappa shape index (κ2) is 10.9. The van der Waals surface area contributed by atoms with Gasteiger partial charge in [-0.15, -0.1) is 4.20 Å². The van der Waals surface area contributed by atoms with Gasteiger partial charge in [0.15, 0.2) is 0 Å². The van der Waals surface area contributed by atoms with E-state index in [2.05, 4.69) is 9.05 Å². The van der Waals surface area contributed by atoms with Crippen LogP contribution in [0.1, 0.15) is 38.1 Å². The quantitative estimate of drug-likeness (QED) is 0.807. The third-order valence-electron chi connectivity index (χ3n) is 1.69. The summed E-state index contributed by atoms with van der Waals surface area (Å²) in [5.41, 5.74) is 0.331. The zero-order valence-electron chi connectivity index (χ0n) is 12.7. The molecule has 5 nitrogen and oxygen atoms in total. The summed E-state index contributed by atoms with van der Waals surface area (Å²) in [7, 11) is -4.30. The zero-order valence-corrected chi connectivity index (χ0v) is 15.0. The van der Waals surface area contributed by atoms with Crippen molar-refractivity contribution in [3.63, 3.8) is 0 Å². The number of hydrogen-bond donors (Lipinski definition) is 1. The lowest BCUT2D eigenvalue weighted by molar-refractivity contribution is 0.0696. The zero-order chi connectivity index (χ0) is 15.8. The van der Waals surface area contributed by atoms with E-state index in [4.69, 9.17) is 5.11 Å². The van der Waals surface area contributed by atoms with Crippen LogP contribution < -0.4 is 0 Å². The second-order valence-corrected chi connectivity index (χ2v) is 5.69. The number of halogens is 1. The number of aromatic carboxylic acids is 1. The molecule has 0 bridgehead atoms.